The van der Waals surface area contributed by atoms with Crippen LogP contribution in [0.5, 0.6) is 5.75 Å². The number of carbonyl (C=O) groups excluding carboxylic acids is 1. The third-order valence-corrected chi connectivity index (χ3v) is 2.69. The van der Waals surface area contributed by atoms with Gasteiger partial charge in [0, 0.05) is 6.54 Å². The number of benzene rings is 1. The summed E-state index contributed by atoms with van der Waals surface area (Å²) in [5, 5.41) is 3.23. The van der Waals surface area contributed by atoms with Gasteiger partial charge in [-0.15, -0.1) is 0 Å². The van der Waals surface area contributed by atoms with E-state index in [0.717, 1.165) is 19.5 Å². The predicted molar refractivity (Wildman–Crippen MR) is 64.3 cm³/mol. The number of esters is 1. The quantitative estimate of drug-likeness (QED) is 0.805. The highest BCUT2D eigenvalue weighted by Gasteiger charge is 2.19. The molecule has 1 unspecified atom stereocenters. The molecule has 0 aliphatic carbocycles. The van der Waals surface area contributed by atoms with Crippen molar-refractivity contribution in [2.75, 3.05) is 19.7 Å². The SMILES string of the molecule is CCOC(=O)c1ccccc1OC1CCNC1. The van der Waals surface area contributed by atoms with Gasteiger partial charge in [0.1, 0.15) is 17.4 Å². The van der Waals surface area contributed by atoms with E-state index in [-0.39, 0.29) is 12.1 Å². The first-order chi connectivity index (χ1) is 8.31. The topological polar surface area (TPSA) is 47.6 Å². The van der Waals surface area contributed by atoms with Crippen molar-refractivity contribution in [1.29, 1.82) is 0 Å². The molecule has 4 heteroatoms. The first-order valence-corrected chi connectivity index (χ1v) is 5.94. The fourth-order valence-corrected chi connectivity index (χ4v) is 1.86. The molecule has 1 aliphatic rings. The molecule has 1 aliphatic heterocycles. The standard InChI is InChI=1S/C13H17NO3/c1-2-16-13(15)11-5-3-4-6-12(11)17-10-7-8-14-9-10/h3-6,10,14H,2,7-9H2,1H3. The summed E-state index contributed by atoms with van der Waals surface area (Å²) in [4.78, 5) is 11.7. The van der Waals surface area contributed by atoms with E-state index in [1.54, 1.807) is 13.0 Å². The molecule has 0 amide bonds. The summed E-state index contributed by atoms with van der Waals surface area (Å²) >= 11 is 0. The summed E-state index contributed by atoms with van der Waals surface area (Å²) in [6.45, 7) is 3.96. The summed E-state index contributed by atoms with van der Waals surface area (Å²) in [5.41, 5.74) is 0.501. The molecule has 0 saturated carbocycles. The van der Waals surface area contributed by atoms with Gasteiger partial charge in [-0.05, 0) is 32.0 Å². The lowest BCUT2D eigenvalue weighted by molar-refractivity contribution is 0.0519. The molecular weight excluding hydrogens is 218 g/mol. The van der Waals surface area contributed by atoms with Crippen LogP contribution in [0.15, 0.2) is 24.3 Å². The molecule has 2 rings (SSSR count). The lowest BCUT2D eigenvalue weighted by Crippen LogP contribution is -2.21. The first kappa shape index (κ1) is 11.9. The maximum atomic E-state index is 11.7. The van der Waals surface area contributed by atoms with Crippen molar-refractivity contribution in [2.24, 2.45) is 0 Å². The van der Waals surface area contributed by atoms with E-state index in [2.05, 4.69) is 5.32 Å². The zero-order chi connectivity index (χ0) is 12.1. The third kappa shape index (κ3) is 2.97. The molecular formula is C13H17NO3. The number of hydrogen-bond acceptors (Lipinski definition) is 4. The molecule has 1 heterocycles. The fourth-order valence-electron chi connectivity index (χ4n) is 1.86. The molecule has 17 heavy (non-hydrogen) atoms. The van der Waals surface area contributed by atoms with E-state index >= 15 is 0 Å². The third-order valence-electron chi connectivity index (χ3n) is 2.69. The Morgan fingerprint density at radius 1 is 1.47 bits per heavy atom. The predicted octanol–water partition coefficient (Wildman–Crippen LogP) is 1.60. The normalized spacial score (nSPS) is 19.0. The van der Waals surface area contributed by atoms with Gasteiger partial charge in [0.25, 0.3) is 0 Å². The fraction of sp³-hybridized carbons (Fsp3) is 0.462. The van der Waals surface area contributed by atoms with Crippen LogP contribution in [0.2, 0.25) is 0 Å². The van der Waals surface area contributed by atoms with Crippen LogP contribution in [-0.2, 0) is 4.74 Å². The summed E-state index contributed by atoms with van der Waals surface area (Å²) in [5.74, 6) is 0.286. The van der Waals surface area contributed by atoms with Crippen molar-refractivity contribution in [3.63, 3.8) is 0 Å². The zero-order valence-corrected chi connectivity index (χ0v) is 9.94. The second kappa shape index (κ2) is 5.68. The van der Waals surface area contributed by atoms with Gasteiger partial charge in [-0.1, -0.05) is 12.1 Å². The Balaban J connectivity index is 2.12. The first-order valence-electron chi connectivity index (χ1n) is 5.94. The molecule has 1 N–H and O–H groups in total. The molecule has 0 aromatic heterocycles. The number of para-hydroxylation sites is 1. The molecule has 1 atom stereocenters. The van der Waals surface area contributed by atoms with Gasteiger partial charge in [-0.3, -0.25) is 0 Å². The van der Waals surface area contributed by atoms with E-state index in [1.165, 1.54) is 0 Å². The van der Waals surface area contributed by atoms with E-state index in [4.69, 9.17) is 9.47 Å². The van der Waals surface area contributed by atoms with Crippen LogP contribution in [0.3, 0.4) is 0 Å². The summed E-state index contributed by atoms with van der Waals surface area (Å²) in [6, 6.07) is 7.22. The van der Waals surface area contributed by atoms with Crippen LogP contribution in [0, 0.1) is 0 Å². The Bertz CT molecular complexity index is 386. The van der Waals surface area contributed by atoms with Gasteiger partial charge < -0.3 is 14.8 Å². The second-order valence-electron chi connectivity index (χ2n) is 3.95. The Hall–Kier alpha value is -1.55. The zero-order valence-electron chi connectivity index (χ0n) is 9.94. The smallest absolute Gasteiger partial charge is 0.341 e. The van der Waals surface area contributed by atoms with E-state index in [0.29, 0.717) is 17.9 Å². The lowest BCUT2D eigenvalue weighted by atomic mass is 10.2. The van der Waals surface area contributed by atoms with E-state index < -0.39 is 0 Å². The number of rotatable bonds is 4. The van der Waals surface area contributed by atoms with Gasteiger partial charge in [-0.2, -0.15) is 0 Å². The Kier molecular flexibility index (Phi) is 3.98. The highest BCUT2D eigenvalue weighted by molar-refractivity contribution is 5.92. The number of nitrogens with one attached hydrogen (secondary N) is 1. The van der Waals surface area contributed by atoms with Crippen LogP contribution >= 0.6 is 0 Å². The van der Waals surface area contributed by atoms with Gasteiger partial charge in [-0.25, -0.2) is 4.79 Å². The van der Waals surface area contributed by atoms with Crippen molar-refractivity contribution in [3.05, 3.63) is 29.8 Å². The maximum Gasteiger partial charge on any atom is 0.341 e. The summed E-state index contributed by atoms with van der Waals surface area (Å²) in [7, 11) is 0. The van der Waals surface area contributed by atoms with Crippen molar-refractivity contribution in [2.45, 2.75) is 19.4 Å². The molecule has 4 nitrogen and oxygen atoms in total. The number of hydrogen-bond donors (Lipinski definition) is 1. The highest BCUT2D eigenvalue weighted by atomic mass is 16.5. The van der Waals surface area contributed by atoms with Gasteiger partial charge >= 0.3 is 5.97 Å². The minimum atomic E-state index is -0.325. The van der Waals surface area contributed by atoms with Gasteiger partial charge in [0.15, 0.2) is 0 Å². The highest BCUT2D eigenvalue weighted by Crippen LogP contribution is 2.21. The van der Waals surface area contributed by atoms with Gasteiger partial charge in [0.2, 0.25) is 0 Å². The minimum absolute atomic E-state index is 0.144. The molecule has 1 aromatic carbocycles. The van der Waals surface area contributed by atoms with Crippen LogP contribution in [0.25, 0.3) is 0 Å². The molecule has 92 valence electrons. The molecule has 1 saturated heterocycles. The molecule has 1 fully saturated rings. The Morgan fingerprint density at radius 3 is 3.00 bits per heavy atom. The van der Waals surface area contributed by atoms with Crippen LogP contribution < -0.4 is 10.1 Å². The molecule has 0 bridgehead atoms. The molecule has 0 spiro atoms. The second-order valence-corrected chi connectivity index (χ2v) is 3.95. The van der Waals surface area contributed by atoms with Crippen LogP contribution in [0.4, 0.5) is 0 Å². The molecule has 0 radical (unpaired) electrons. The number of carbonyl (C=O) groups is 1. The van der Waals surface area contributed by atoms with E-state index in [1.807, 2.05) is 18.2 Å². The largest absolute Gasteiger partial charge is 0.488 e. The average molecular weight is 235 g/mol. The monoisotopic (exact) mass is 235 g/mol. The summed E-state index contributed by atoms with van der Waals surface area (Å²) in [6.07, 6.45) is 1.11. The lowest BCUT2D eigenvalue weighted by Gasteiger charge is -2.15. The average Bonchev–Trinajstić information content (AvgIpc) is 2.83. The van der Waals surface area contributed by atoms with E-state index in [9.17, 15) is 4.79 Å². The van der Waals surface area contributed by atoms with Crippen molar-refractivity contribution < 1.29 is 14.3 Å². The van der Waals surface area contributed by atoms with Crippen molar-refractivity contribution in [3.8, 4) is 5.75 Å². The van der Waals surface area contributed by atoms with Crippen molar-refractivity contribution in [1.82, 2.24) is 5.32 Å². The minimum Gasteiger partial charge on any atom is -0.488 e. The van der Waals surface area contributed by atoms with Crippen molar-refractivity contribution >= 4 is 5.97 Å². The Labute approximate surface area is 101 Å². The molecule has 1 aromatic rings. The Morgan fingerprint density at radius 2 is 2.29 bits per heavy atom. The van der Waals surface area contributed by atoms with Crippen LogP contribution in [-0.4, -0.2) is 31.8 Å². The summed E-state index contributed by atoms with van der Waals surface area (Å²) < 4.78 is 10.8. The van der Waals surface area contributed by atoms with Crippen LogP contribution in [0.1, 0.15) is 23.7 Å². The van der Waals surface area contributed by atoms with Gasteiger partial charge in [0.05, 0.1) is 6.61 Å². The number of ether oxygens (including phenoxy) is 2. The maximum absolute atomic E-state index is 11.7.